The lowest BCUT2D eigenvalue weighted by Crippen LogP contribution is -2.24. The Morgan fingerprint density at radius 2 is 1.94 bits per heavy atom. The van der Waals surface area contributed by atoms with E-state index in [1.54, 1.807) is 21.0 Å². The van der Waals surface area contributed by atoms with Crippen molar-refractivity contribution in [3.63, 3.8) is 0 Å². The molecule has 3 nitrogen and oxygen atoms in total. The van der Waals surface area contributed by atoms with Crippen molar-refractivity contribution in [1.29, 1.82) is 0 Å². The van der Waals surface area contributed by atoms with E-state index in [1.165, 1.54) is 6.92 Å². The number of ether oxygens (including phenoxy) is 2. The summed E-state index contributed by atoms with van der Waals surface area (Å²) in [6.07, 6.45) is 0. The summed E-state index contributed by atoms with van der Waals surface area (Å²) in [5, 5.41) is 0. The zero-order chi connectivity index (χ0) is 12.9. The highest BCUT2D eigenvalue weighted by atomic mass is 16.6. The topological polar surface area (TPSA) is 35.5 Å². The summed E-state index contributed by atoms with van der Waals surface area (Å²) in [5.74, 6) is 6.23. The number of hydrogen-bond acceptors (Lipinski definition) is 3. The van der Waals surface area contributed by atoms with E-state index in [2.05, 4.69) is 11.8 Å². The molecule has 0 spiro atoms. The Bertz CT molecular complexity index is 464. The SMILES string of the molecule is COc1ccccc1C#CC(C)(C)OC(C)=O. The van der Waals surface area contributed by atoms with Gasteiger partial charge in [0.25, 0.3) is 0 Å². The summed E-state index contributed by atoms with van der Waals surface area (Å²) >= 11 is 0. The van der Waals surface area contributed by atoms with Crippen molar-refractivity contribution in [3.05, 3.63) is 29.8 Å². The number of carbonyl (C=O) groups excluding carboxylic acids is 1. The summed E-state index contributed by atoms with van der Waals surface area (Å²) in [6, 6.07) is 7.45. The van der Waals surface area contributed by atoms with Crippen LogP contribution in [0.25, 0.3) is 0 Å². The van der Waals surface area contributed by atoms with Crippen LogP contribution >= 0.6 is 0 Å². The van der Waals surface area contributed by atoms with E-state index >= 15 is 0 Å². The molecule has 0 bridgehead atoms. The molecule has 0 atom stereocenters. The van der Waals surface area contributed by atoms with Crippen molar-refractivity contribution < 1.29 is 14.3 Å². The second-order valence-electron chi connectivity index (χ2n) is 4.05. The highest BCUT2D eigenvalue weighted by Crippen LogP contribution is 2.16. The molecule has 0 fully saturated rings. The maximum Gasteiger partial charge on any atom is 0.304 e. The molecule has 0 saturated carbocycles. The monoisotopic (exact) mass is 232 g/mol. The second kappa shape index (κ2) is 5.40. The molecular formula is C14H16O3. The Morgan fingerprint density at radius 3 is 2.53 bits per heavy atom. The van der Waals surface area contributed by atoms with Crippen LogP contribution < -0.4 is 4.74 Å². The molecule has 0 amide bonds. The first-order valence-corrected chi connectivity index (χ1v) is 5.30. The molecule has 3 heteroatoms. The van der Waals surface area contributed by atoms with Gasteiger partial charge >= 0.3 is 5.97 Å². The lowest BCUT2D eigenvalue weighted by Gasteiger charge is -2.17. The van der Waals surface area contributed by atoms with E-state index in [0.29, 0.717) is 5.75 Å². The van der Waals surface area contributed by atoms with Gasteiger partial charge in [0.15, 0.2) is 5.60 Å². The van der Waals surface area contributed by atoms with Crippen LogP contribution in [-0.2, 0) is 9.53 Å². The highest BCUT2D eigenvalue weighted by molar-refractivity contribution is 5.67. The number of carbonyl (C=O) groups is 1. The molecule has 0 saturated heterocycles. The maximum absolute atomic E-state index is 10.9. The van der Waals surface area contributed by atoms with E-state index < -0.39 is 5.60 Å². The molecule has 1 aromatic rings. The number of methoxy groups -OCH3 is 1. The molecular weight excluding hydrogens is 216 g/mol. The fraction of sp³-hybridized carbons (Fsp3) is 0.357. The van der Waals surface area contributed by atoms with Crippen molar-refractivity contribution in [2.45, 2.75) is 26.4 Å². The summed E-state index contributed by atoms with van der Waals surface area (Å²) in [7, 11) is 1.59. The first-order valence-electron chi connectivity index (χ1n) is 5.30. The third kappa shape index (κ3) is 4.20. The van der Waals surface area contributed by atoms with Crippen LogP contribution in [0.15, 0.2) is 24.3 Å². The minimum atomic E-state index is -0.799. The fourth-order valence-electron chi connectivity index (χ4n) is 1.35. The Kier molecular flexibility index (Phi) is 4.17. The first kappa shape index (κ1) is 13.1. The fourth-order valence-corrected chi connectivity index (χ4v) is 1.35. The van der Waals surface area contributed by atoms with Gasteiger partial charge in [0.1, 0.15) is 5.75 Å². The van der Waals surface area contributed by atoms with Crippen molar-refractivity contribution in [2.75, 3.05) is 7.11 Å². The first-order chi connectivity index (χ1) is 7.94. The molecule has 0 N–H and O–H groups in total. The van der Waals surface area contributed by atoms with Gasteiger partial charge in [-0.15, -0.1) is 0 Å². The van der Waals surface area contributed by atoms with Gasteiger partial charge in [0.2, 0.25) is 0 Å². The van der Waals surface area contributed by atoms with Crippen LogP contribution in [0.5, 0.6) is 5.75 Å². The lowest BCUT2D eigenvalue weighted by molar-refractivity contribution is -0.148. The van der Waals surface area contributed by atoms with Crippen molar-refractivity contribution in [1.82, 2.24) is 0 Å². The van der Waals surface area contributed by atoms with E-state index in [1.807, 2.05) is 24.3 Å². The molecule has 90 valence electrons. The highest BCUT2D eigenvalue weighted by Gasteiger charge is 2.17. The second-order valence-corrected chi connectivity index (χ2v) is 4.05. The molecule has 1 rings (SSSR count). The van der Waals surface area contributed by atoms with E-state index in [0.717, 1.165) is 5.56 Å². The largest absolute Gasteiger partial charge is 0.495 e. The van der Waals surface area contributed by atoms with Gasteiger partial charge in [-0.2, -0.15) is 0 Å². The minimum Gasteiger partial charge on any atom is -0.495 e. The smallest absolute Gasteiger partial charge is 0.304 e. The van der Waals surface area contributed by atoms with Gasteiger partial charge in [0.05, 0.1) is 12.7 Å². The van der Waals surface area contributed by atoms with Crippen molar-refractivity contribution in [2.24, 2.45) is 0 Å². The summed E-state index contributed by atoms with van der Waals surface area (Å²) < 4.78 is 10.3. The predicted octanol–water partition coefficient (Wildman–Crippen LogP) is 2.39. The molecule has 1 aromatic carbocycles. The summed E-state index contributed by atoms with van der Waals surface area (Å²) in [4.78, 5) is 10.9. The Hall–Kier alpha value is -1.95. The van der Waals surface area contributed by atoms with Crippen LogP contribution in [0.4, 0.5) is 0 Å². The van der Waals surface area contributed by atoms with Crippen LogP contribution in [0, 0.1) is 11.8 Å². The lowest BCUT2D eigenvalue weighted by atomic mass is 10.1. The summed E-state index contributed by atoms with van der Waals surface area (Å²) in [5.41, 5.74) is -0.0256. The molecule has 0 aliphatic rings. The van der Waals surface area contributed by atoms with Gasteiger partial charge in [-0.05, 0) is 26.0 Å². The van der Waals surface area contributed by atoms with Crippen molar-refractivity contribution >= 4 is 5.97 Å². The average Bonchev–Trinajstić information content (AvgIpc) is 2.25. The molecule has 0 heterocycles. The van der Waals surface area contributed by atoms with Gasteiger partial charge in [0, 0.05) is 6.92 Å². The maximum atomic E-state index is 10.9. The van der Waals surface area contributed by atoms with E-state index in [-0.39, 0.29) is 5.97 Å². The quantitative estimate of drug-likeness (QED) is 0.580. The Morgan fingerprint density at radius 1 is 1.29 bits per heavy atom. The number of benzene rings is 1. The van der Waals surface area contributed by atoms with Gasteiger partial charge in [-0.3, -0.25) is 4.79 Å². The number of rotatable bonds is 2. The number of para-hydroxylation sites is 1. The van der Waals surface area contributed by atoms with Gasteiger partial charge < -0.3 is 9.47 Å². The normalized spacial score (nSPS) is 10.1. The molecule has 0 aromatic heterocycles. The molecule has 0 unspecified atom stereocenters. The molecule has 17 heavy (non-hydrogen) atoms. The number of esters is 1. The predicted molar refractivity (Wildman–Crippen MR) is 65.7 cm³/mol. The summed E-state index contributed by atoms with van der Waals surface area (Å²) in [6.45, 7) is 4.86. The van der Waals surface area contributed by atoms with E-state index in [4.69, 9.17) is 9.47 Å². The van der Waals surface area contributed by atoms with Crippen molar-refractivity contribution in [3.8, 4) is 17.6 Å². The van der Waals surface area contributed by atoms with Crippen LogP contribution in [0.3, 0.4) is 0 Å². The Balaban J connectivity index is 2.94. The minimum absolute atomic E-state index is 0.343. The standard InChI is InChI=1S/C14H16O3/c1-11(15)17-14(2,3)10-9-12-7-5-6-8-13(12)16-4/h5-8H,1-4H3. The molecule has 0 radical (unpaired) electrons. The third-order valence-electron chi connectivity index (χ3n) is 2.00. The van der Waals surface area contributed by atoms with Crippen LogP contribution in [0.2, 0.25) is 0 Å². The number of hydrogen-bond donors (Lipinski definition) is 0. The third-order valence-corrected chi connectivity index (χ3v) is 2.00. The zero-order valence-electron chi connectivity index (χ0n) is 10.5. The van der Waals surface area contributed by atoms with Gasteiger partial charge in [-0.25, -0.2) is 0 Å². The zero-order valence-corrected chi connectivity index (χ0v) is 10.5. The molecule has 0 aliphatic carbocycles. The van der Waals surface area contributed by atoms with E-state index in [9.17, 15) is 4.79 Å². The Labute approximate surface area is 102 Å². The molecule has 0 aliphatic heterocycles. The van der Waals surface area contributed by atoms with Crippen LogP contribution in [0.1, 0.15) is 26.3 Å². The van der Waals surface area contributed by atoms with Crippen LogP contribution in [-0.4, -0.2) is 18.7 Å². The average molecular weight is 232 g/mol. The van der Waals surface area contributed by atoms with Gasteiger partial charge in [-0.1, -0.05) is 24.0 Å².